The van der Waals surface area contributed by atoms with Crippen LogP contribution in [0.1, 0.15) is 16.7 Å². The van der Waals surface area contributed by atoms with Gasteiger partial charge in [-0.05, 0) is 43.0 Å². The SMILES string of the molecule is Cc1cc(CCS(=O)(=O)Cl)cc(F)c1C. The fourth-order valence-corrected chi connectivity index (χ4v) is 1.98. The van der Waals surface area contributed by atoms with Crippen molar-refractivity contribution in [1.29, 1.82) is 0 Å². The normalized spacial score (nSPS) is 11.7. The summed E-state index contributed by atoms with van der Waals surface area (Å²) in [4.78, 5) is 0. The molecule has 0 bridgehead atoms. The molecule has 0 saturated carbocycles. The number of rotatable bonds is 3. The number of hydrogen-bond acceptors (Lipinski definition) is 2. The summed E-state index contributed by atoms with van der Waals surface area (Å²) in [5.74, 6) is -0.479. The van der Waals surface area contributed by atoms with E-state index in [9.17, 15) is 12.8 Å². The molecular formula is C10H12ClFO2S. The molecule has 15 heavy (non-hydrogen) atoms. The number of aryl methyl sites for hydroxylation is 2. The molecule has 0 unspecified atom stereocenters. The lowest BCUT2D eigenvalue weighted by Crippen LogP contribution is -2.02. The molecule has 0 spiro atoms. The van der Waals surface area contributed by atoms with Gasteiger partial charge in [-0.3, -0.25) is 0 Å². The van der Waals surface area contributed by atoms with Crippen molar-refractivity contribution in [3.63, 3.8) is 0 Å². The highest BCUT2D eigenvalue weighted by atomic mass is 35.7. The number of hydrogen-bond donors (Lipinski definition) is 0. The van der Waals surface area contributed by atoms with Gasteiger partial charge in [0.2, 0.25) is 9.05 Å². The molecule has 1 aromatic carbocycles. The van der Waals surface area contributed by atoms with E-state index >= 15 is 0 Å². The molecule has 2 nitrogen and oxygen atoms in total. The summed E-state index contributed by atoms with van der Waals surface area (Å²) >= 11 is 0. The Labute approximate surface area is 93.5 Å². The first kappa shape index (κ1) is 12.5. The van der Waals surface area contributed by atoms with Crippen LogP contribution in [0, 0.1) is 19.7 Å². The van der Waals surface area contributed by atoms with Gasteiger partial charge in [0, 0.05) is 10.7 Å². The summed E-state index contributed by atoms with van der Waals surface area (Å²) < 4.78 is 34.7. The van der Waals surface area contributed by atoms with E-state index in [4.69, 9.17) is 10.7 Å². The van der Waals surface area contributed by atoms with Gasteiger partial charge in [0.1, 0.15) is 5.82 Å². The summed E-state index contributed by atoms with van der Waals surface area (Å²) in [6.45, 7) is 3.48. The maximum atomic E-state index is 13.3. The van der Waals surface area contributed by atoms with Crippen molar-refractivity contribution >= 4 is 19.7 Å². The Balaban J connectivity index is 2.89. The summed E-state index contributed by atoms with van der Waals surface area (Å²) in [7, 11) is 1.56. The molecule has 0 fully saturated rings. The molecule has 0 heterocycles. The molecule has 0 aliphatic heterocycles. The molecule has 1 aromatic rings. The molecule has 0 aliphatic carbocycles. The second kappa shape index (κ2) is 4.49. The third-order valence-electron chi connectivity index (χ3n) is 2.30. The molecule has 0 radical (unpaired) electrons. The molecule has 0 aliphatic rings. The van der Waals surface area contributed by atoms with Crippen LogP contribution in [0.4, 0.5) is 4.39 Å². The van der Waals surface area contributed by atoms with Gasteiger partial charge in [-0.15, -0.1) is 0 Å². The van der Waals surface area contributed by atoms with Crippen LogP contribution in [-0.4, -0.2) is 14.2 Å². The first-order chi connectivity index (χ1) is 6.79. The second-order valence-electron chi connectivity index (χ2n) is 3.51. The monoisotopic (exact) mass is 250 g/mol. The minimum Gasteiger partial charge on any atom is -0.212 e. The standard InChI is InChI=1S/C10H12ClFO2S/c1-7-5-9(3-4-15(11,13)14)6-10(12)8(7)2/h5-6H,3-4H2,1-2H3. The lowest BCUT2D eigenvalue weighted by Gasteiger charge is -2.05. The van der Waals surface area contributed by atoms with Crippen LogP contribution in [0.5, 0.6) is 0 Å². The summed E-state index contributed by atoms with van der Waals surface area (Å²) in [5, 5.41) is 0. The Kier molecular flexibility index (Phi) is 3.73. The third kappa shape index (κ3) is 3.80. The Bertz CT molecular complexity index is 445. The minimum absolute atomic E-state index is 0.170. The molecule has 5 heteroatoms. The zero-order valence-electron chi connectivity index (χ0n) is 8.55. The second-order valence-corrected chi connectivity index (χ2v) is 6.41. The number of benzene rings is 1. The summed E-state index contributed by atoms with van der Waals surface area (Å²) in [6.07, 6.45) is 0.240. The smallest absolute Gasteiger partial charge is 0.212 e. The quantitative estimate of drug-likeness (QED) is 0.773. The fraction of sp³-hybridized carbons (Fsp3) is 0.400. The van der Waals surface area contributed by atoms with E-state index in [0.717, 1.165) is 5.56 Å². The van der Waals surface area contributed by atoms with Gasteiger partial charge >= 0.3 is 0 Å². The molecule has 1 rings (SSSR count). The number of halogens is 2. The average molecular weight is 251 g/mol. The van der Waals surface area contributed by atoms with Crippen molar-refractivity contribution in [2.45, 2.75) is 20.3 Å². The topological polar surface area (TPSA) is 34.1 Å². The average Bonchev–Trinajstić information content (AvgIpc) is 2.09. The van der Waals surface area contributed by atoms with Crippen LogP contribution >= 0.6 is 10.7 Å². The minimum atomic E-state index is -3.51. The van der Waals surface area contributed by atoms with E-state index in [1.165, 1.54) is 6.07 Å². The van der Waals surface area contributed by atoms with Crippen molar-refractivity contribution in [2.24, 2.45) is 0 Å². The maximum absolute atomic E-state index is 13.3. The Morgan fingerprint density at radius 2 is 1.93 bits per heavy atom. The van der Waals surface area contributed by atoms with Crippen LogP contribution in [0.15, 0.2) is 12.1 Å². The molecule has 0 aromatic heterocycles. The predicted octanol–water partition coefficient (Wildman–Crippen LogP) is 2.55. The van der Waals surface area contributed by atoms with E-state index in [-0.39, 0.29) is 18.0 Å². The fourth-order valence-electron chi connectivity index (χ4n) is 1.27. The predicted molar refractivity (Wildman–Crippen MR) is 59.2 cm³/mol. The molecule has 84 valence electrons. The molecular weight excluding hydrogens is 239 g/mol. The van der Waals surface area contributed by atoms with Crippen LogP contribution in [-0.2, 0) is 15.5 Å². The largest absolute Gasteiger partial charge is 0.232 e. The van der Waals surface area contributed by atoms with E-state index < -0.39 is 9.05 Å². The van der Waals surface area contributed by atoms with Gasteiger partial charge in [0.25, 0.3) is 0 Å². The zero-order chi connectivity index (χ0) is 11.6. The van der Waals surface area contributed by atoms with E-state index in [1.54, 1.807) is 19.9 Å². The highest BCUT2D eigenvalue weighted by Crippen LogP contribution is 2.16. The third-order valence-corrected chi connectivity index (χ3v) is 3.45. The van der Waals surface area contributed by atoms with Gasteiger partial charge < -0.3 is 0 Å². The van der Waals surface area contributed by atoms with Gasteiger partial charge in [-0.25, -0.2) is 12.8 Å². The molecule has 0 N–H and O–H groups in total. The van der Waals surface area contributed by atoms with Gasteiger partial charge in [-0.1, -0.05) is 6.07 Å². The van der Waals surface area contributed by atoms with Gasteiger partial charge in [-0.2, -0.15) is 0 Å². The van der Waals surface area contributed by atoms with Gasteiger partial charge in [0.05, 0.1) is 5.75 Å². The van der Waals surface area contributed by atoms with E-state index in [0.29, 0.717) is 11.1 Å². The van der Waals surface area contributed by atoms with Crippen molar-refractivity contribution < 1.29 is 12.8 Å². The maximum Gasteiger partial charge on any atom is 0.232 e. The lowest BCUT2D eigenvalue weighted by molar-refractivity contribution is 0.606. The van der Waals surface area contributed by atoms with Crippen molar-refractivity contribution in [1.82, 2.24) is 0 Å². The van der Waals surface area contributed by atoms with E-state index in [1.807, 2.05) is 0 Å². The summed E-state index contributed by atoms with van der Waals surface area (Å²) in [5.41, 5.74) is 2.06. The first-order valence-corrected chi connectivity index (χ1v) is 6.95. The first-order valence-electron chi connectivity index (χ1n) is 4.47. The van der Waals surface area contributed by atoms with Crippen LogP contribution < -0.4 is 0 Å². The molecule has 0 atom stereocenters. The molecule has 0 amide bonds. The van der Waals surface area contributed by atoms with Crippen molar-refractivity contribution in [2.75, 3.05) is 5.75 Å². The van der Waals surface area contributed by atoms with Gasteiger partial charge in [0.15, 0.2) is 0 Å². The van der Waals surface area contributed by atoms with Crippen molar-refractivity contribution in [3.8, 4) is 0 Å². The zero-order valence-corrected chi connectivity index (χ0v) is 10.1. The lowest BCUT2D eigenvalue weighted by atomic mass is 10.0. The van der Waals surface area contributed by atoms with Crippen LogP contribution in [0.2, 0.25) is 0 Å². The van der Waals surface area contributed by atoms with Crippen LogP contribution in [0.25, 0.3) is 0 Å². The highest BCUT2D eigenvalue weighted by Gasteiger charge is 2.08. The highest BCUT2D eigenvalue weighted by molar-refractivity contribution is 8.13. The Hall–Kier alpha value is -0.610. The van der Waals surface area contributed by atoms with Crippen molar-refractivity contribution in [3.05, 3.63) is 34.6 Å². The van der Waals surface area contributed by atoms with E-state index in [2.05, 4.69) is 0 Å². The molecule has 0 saturated heterocycles. The van der Waals surface area contributed by atoms with Crippen LogP contribution in [0.3, 0.4) is 0 Å². The Morgan fingerprint density at radius 1 is 1.33 bits per heavy atom. The summed E-state index contributed by atoms with van der Waals surface area (Å²) in [6, 6.07) is 3.13. The Morgan fingerprint density at radius 3 is 2.40 bits per heavy atom.